The highest BCUT2D eigenvalue weighted by molar-refractivity contribution is 5.89. The summed E-state index contributed by atoms with van der Waals surface area (Å²) >= 11 is 0. The highest BCUT2D eigenvalue weighted by Crippen LogP contribution is 2.31. The lowest BCUT2D eigenvalue weighted by molar-refractivity contribution is -0.151. The number of nitrogens with two attached hydrogens (primary N) is 1. The Hall–Kier alpha value is -2.83. The van der Waals surface area contributed by atoms with E-state index in [1.54, 1.807) is 51.4 Å². The monoisotopic (exact) mass is 448 g/mol. The maximum Gasteiger partial charge on any atom is 0.351 e. The van der Waals surface area contributed by atoms with Gasteiger partial charge in [0.25, 0.3) is 0 Å². The van der Waals surface area contributed by atoms with E-state index in [1.165, 1.54) is 15.8 Å². The minimum atomic E-state index is -1.17. The van der Waals surface area contributed by atoms with Crippen LogP contribution < -0.4 is 11.4 Å². The van der Waals surface area contributed by atoms with Gasteiger partial charge in [0.2, 0.25) is 0 Å². The van der Waals surface area contributed by atoms with Crippen molar-refractivity contribution in [1.82, 2.24) is 14.6 Å². The van der Waals surface area contributed by atoms with Gasteiger partial charge in [-0.3, -0.25) is 9.40 Å². The van der Waals surface area contributed by atoms with Gasteiger partial charge in [0.05, 0.1) is 18.8 Å². The van der Waals surface area contributed by atoms with Crippen LogP contribution in [-0.4, -0.2) is 77.9 Å². The first kappa shape index (κ1) is 23.8. The zero-order valence-corrected chi connectivity index (χ0v) is 18.2. The molecule has 0 saturated carbocycles. The van der Waals surface area contributed by atoms with E-state index in [9.17, 15) is 14.7 Å². The molecule has 174 valence electrons. The number of aromatic nitrogens is 2. The Kier molecular flexibility index (Phi) is 7.94. The van der Waals surface area contributed by atoms with Crippen LogP contribution in [0.5, 0.6) is 0 Å². The number of aliphatic hydroxyl groups is 1. The number of anilines is 1. The SMILES string of the molecule is Cc1cn([C@@H]2O[C@H](COC(=O)c3ccccc3)[C@@H](O)[C@H]2OCCON(C)C)c(=O)nc1N. The first-order valence-electron chi connectivity index (χ1n) is 10.1. The summed E-state index contributed by atoms with van der Waals surface area (Å²) in [6.07, 6.45) is -2.52. The lowest BCUT2D eigenvalue weighted by atomic mass is 10.1. The van der Waals surface area contributed by atoms with Crippen LogP contribution in [0.3, 0.4) is 0 Å². The average molecular weight is 448 g/mol. The number of esters is 1. The van der Waals surface area contributed by atoms with Crippen molar-refractivity contribution in [3.63, 3.8) is 0 Å². The number of nitrogen functional groups attached to an aromatic ring is 1. The molecule has 3 rings (SSSR count). The third-order valence-electron chi connectivity index (χ3n) is 4.89. The van der Waals surface area contributed by atoms with Crippen molar-refractivity contribution in [3.8, 4) is 0 Å². The van der Waals surface area contributed by atoms with E-state index in [2.05, 4.69) is 4.98 Å². The maximum atomic E-state index is 12.4. The molecule has 11 nitrogen and oxygen atoms in total. The molecule has 1 saturated heterocycles. The molecule has 3 N–H and O–H groups in total. The Bertz CT molecular complexity index is 966. The second kappa shape index (κ2) is 10.7. The van der Waals surface area contributed by atoms with E-state index < -0.39 is 36.2 Å². The fraction of sp³-hybridized carbons (Fsp3) is 0.476. The van der Waals surface area contributed by atoms with E-state index in [1.807, 2.05) is 0 Å². The lowest BCUT2D eigenvalue weighted by Crippen LogP contribution is -2.39. The van der Waals surface area contributed by atoms with Gasteiger partial charge in [0.15, 0.2) is 6.23 Å². The summed E-state index contributed by atoms with van der Waals surface area (Å²) in [6.45, 7) is 1.83. The highest BCUT2D eigenvalue weighted by Gasteiger charge is 2.46. The number of hydroxylamine groups is 2. The Morgan fingerprint density at radius 2 is 2.00 bits per heavy atom. The molecule has 4 atom stereocenters. The number of ether oxygens (including phenoxy) is 3. The molecule has 0 aliphatic carbocycles. The van der Waals surface area contributed by atoms with Crippen LogP contribution in [-0.2, 0) is 19.0 Å². The number of carbonyl (C=O) groups is 1. The molecule has 32 heavy (non-hydrogen) atoms. The van der Waals surface area contributed by atoms with E-state index in [0.29, 0.717) is 11.1 Å². The van der Waals surface area contributed by atoms with Gasteiger partial charge in [-0.2, -0.15) is 10.0 Å². The Balaban J connectivity index is 1.75. The quantitative estimate of drug-likeness (QED) is 0.309. The predicted molar refractivity (Wildman–Crippen MR) is 114 cm³/mol. The van der Waals surface area contributed by atoms with E-state index in [4.69, 9.17) is 24.8 Å². The Morgan fingerprint density at radius 3 is 2.69 bits per heavy atom. The molecule has 1 aliphatic rings. The van der Waals surface area contributed by atoms with Gasteiger partial charge in [-0.15, -0.1) is 0 Å². The zero-order chi connectivity index (χ0) is 23.3. The normalized spacial score (nSPS) is 22.9. The van der Waals surface area contributed by atoms with Crippen molar-refractivity contribution < 1.29 is 28.9 Å². The highest BCUT2D eigenvalue weighted by atomic mass is 16.7. The second-order valence-corrected chi connectivity index (χ2v) is 7.50. The summed E-state index contributed by atoms with van der Waals surface area (Å²) in [5.74, 6) is -0.446. The van der Waals surface area contributed by atoms with Gasteiger partial charge in [-0.05, 0) is 19.1 Å². The summed E-state index contributed by atoms with van der Waals surface area (Å²) in [6, 6.07) is 8.46. The van der Waals surface area contributed by atoms with Crippen LogP contribution in [0.15, 0.2) is 41.3 Å². The zero-order valence-electron chi connectivity index (χ0n) is 18.2. The van der Waals surface area contributed by atoms with Gasteiger partial charge in [-0.25, -0.2) is 9.59 Å². The first-order valence-corrected chi connectivity index (χ1v) is 10.1. The number of aliphatic hydroxyl groups excluding tert-OH is 1. The fourth-order valence-corrected chi connectivity index (χ4v) is 3.24. The fourth-order valence-electron chi connectivity index (χ4n) is 3.24. The largest absolute Gasteiger partial charge is 0.459 e. The molecule has 2 heterocycles. The molecule has 1 aromatic carbocycles. The minimum Gasteiger partial charge on any atom is -0.459 e. The molecule has 1 aliphatic heterocycles. The summed E-state index contributed by atoms with van der Waals surface area (Å²) in [4.78, 5) is 33.8. The second-order valence-electron chi connectivity index (χ2n) is 7.50. The summed E-state index contributed by atoms with van der Waals surface area (Å²) in [5, 5.41) is 12.4. The van der Waals surface area contributed by atoms with Gasteiger partial charge in [0.1, 0.15) is 30.7 Å². The number of benzene rings is 1. The summed E-state index contributed by atoms with van der Waals surface area (Å²) in [7, 11) is 3.46. The molecule has 1 aromatic heterocycles. The number of hydrogen-bond donors (Lipinski definition) is 2. The van der Waals surface area contributed by atoms with Crippen LogP contribution in [0.4, 0.5) is 5.82 Å². The van der Waals surface area contributed by atoms with Crippen molar-refractivity contribution in [3.05, 3.63) is 58.1 Å². The number of hydrogen-bond acceptors (Lipinski definition) is 10. The number of rotatable bonds is 9. The Morgan fingerprint density at radius 1 is 1.28 bits per heavy atom. The molecule has 0 radical (unpaired) electrons. The van der Waals surface area contributed by atoms with Crippen LogP contribution in [0.1, 0.15) is 22.1 Å². The van der Waals surface area contributed by atoms with Gasteiger partial charge >= 0.3 is 11.7 Å². The maximum absolute atomic E-state index is 12.4. The lowest BCUT2D eigenvalue weighted by Gasteiger charge is -2.23. The molecule has 11 heteroatoms. The van der Waals surface area contributed by atoms with Crippen molar-refractivity contribution >= 4 is 11.8 Å². The standard InChI is InChI=1S/C21H28N4O7/c1-13-11-25(21(28)23-18(13)22)19-17(29-9-10-31-24(2)3)16(26)15(32-19)12-30-20(27)14-7-5-4-6-8-14/h4-8,11,15-17,19,26H,9-10,12H2,1-3H3,(H2,22,23,28)/t15-,16-,17-,19-/m1/s1. The van der Waals surface area contributed by atoms with E-state index >= 15 is 0 Å². The molecule has 0 unspecified atom stereocenters. The van der Waals surface area contributed by atoms with Crippen molar-refractivity contribution in [1.29, 1.82) is 0 Å². The third kappa shape index (κ3) is 5.69. The number of aryl methyl sites for hydroxylation is 1. The molecular formula is C21H28N4O7. The van der Waals surface area contributed by atoms with E-state index in [0.717, 1.165) is 0 Å². The summed E-state index contributed by atoms with van der Waals surface area (Å²) in [5.41, 5.74) is 6.01. The number of nitrogens with zero attached hydrogens (tertiary/aromatic N) is 3. The molecule has 0 bridgehead atoms. The molecule has 0 spiro atoms. The van der Waals surface area contributed by atoms with Crippen molar-refractivity contribution in [2.75, 3.05) is 39.6 Å². The average Bonchev–Trinajstić information content (AvgIpc) is 3.07. The van der Waals surface area contributed by atoms with E-state index in [-0.39, 0.29) is 25.6 Å². The first-order chi connectivity index (χ1) is 15.3. The third-order valence-corrected chi connectivity index (χ3v) is 4.89. The van der Waals surface area contributed by atoms with Crippen molar-refractivity contribution in [2.45, 2.75) is 31.5 Å². The topological polar surface area (TPSA) is 138 Å². The van der Waals surface area contributed by atoms with Gasteiger partial charge in [0, 0.05) is 25.9 Å². The molecule has 0 amide bonds. The minimum absolute atomic E-state index is 0.106. The van der Waals surface area contributed by atoms with Crippen LogP contribution in [0.2, 0.25) is 0 Å². The molecular weight excluding hydrogens is 420 g/mol. The smallest absolute Gasteiger partial charge is 0.351 e. The Labute approximate surface area is 185 Å². The van der Waals surface area contributed by atoms with Crippen LogP contribution >= 0.6 is 0 Å². The van der Waals surface area contributed by atoms with Crippen molar-refractivity contribution in [2.24, 2.45) is 0 Å². The predicted octanol–water partition coefficient (Wildman–Crippen LogP) is 0.128. The van der Waals surface area contributed by atoms with Gasteiger partial charge in [-0.1, -0.05) is 18.2 Å². The summed E-state index contributed by atoms with van der Waals surface area (Å²) < 4.78 is 18.2. The van der Waals surface area contributed by atoms with Crippen LogP contribution in [0.25, 0.3) is 0 Å². The molecule has 1 fully saturated rings. The van der Waals surface area contributed by atoms with Crippen LogP contribution in [0, 0.1) is 6.92 Å². The molecule has 2 aromatic rings. The van der Waals surface area contributed by atoms with Gasteiger partial charge < -0.3 is 25.1 Å². The number of carbonyl (C=O) groups excluding carboxylic acids is 1.